The lowest BCUT2D eigenvalue weighted by molar-refractivity contribution is 0.279. The number of anilines is 1. The number of rotatable bonds is 4. The summed E-state index contributed by atoms with van der Waals surface area (Å²) in [5.74, 6) is 0. The van der Waals surface area contributed by atoms with Crippen molar-refractivity contribution in [3.8, 4) is 0 Å². The van der Waals surface area contributed by atoms with Crippen LogP contribution in [0, 0.1) is 6.92 Å². The molecule has 0 bridgehead atoms. The first-order valence-electron chi connectivity index (χ1n) is 8.40. The third kappa shape index (κ3) is 3.11. The molecule has 0 amide bonds. The van der Waals surface area contributed by atoms with Gasteiger partial charge in [0.05, 0.1) is 12.6 Å². The van der Waals surface area contributed by atoms with Crippen molar-refractivity contribution < 1.29 is 5.11 Å². The van der Waals surface area contributed by atoms with Gasteiger partial charge in [-0.1, -0.05) is 29.8 Å². The quantitative estimate of drug-likeness (QED) is 0.849. The zero-order valence-electron chi connectivity index (χ0n) is 13.8. The largest absolute Gasteiger partial charge is 0.392 e. The van der Waals surface area contributed by atoms with Gasteiger partial charge >= 0.3 is 0 Å². The number of fused-ring (bicyclic) bond motifs is 1. The number of hydrogen-bond donors (Lipinski definition) is 1. The lowest BCUT2D eigenvalue weighted by Crippen LogP contribution is -2.31. The molecule has 0 aromatic heterocycles. The number of aryl methyl sites for hydroxylation is 1. The maximum Gasteiger partial charge on any atom is 0.0684 e. The SMILES string of the molecule is CCN(c1ccc(Cl)c(C)c1)C1CCCc2c(CO)cccc21. The zero-order valence-corrected chi connectivity index (χ0v) is 14.6. The highest BCUT2D eigenvalue weighted by molar-refractivity contribution is 6.31. The highest BCUT2D eigenvalue weighted by Crippen LogP contribution is 2.38. The molecule has 1 N–H and O–H groups in total. The van der Waals surface area contributed by atoms with Crippen LogP contribution < -0.4 is 4.90 Å². The summed E-state index contributed by atoms with van der Waals surface area (Å²) >= 11 is 6.19. The molecular formula is C20H24ClNO. The maximum atomic E-state index is 9.63. The van der Waals surface area contributed by atoms with Gasteiger partial charge in [0.15, 0.2) is 0 Å². The normalized spacial score (nSPS) is 17.0. The van der Waals surface area contributed by atoms with E-state index in [0.717, 1.165) is 42.0 Å². The Balaban J connectivity index is 2.02. The van der Waals surface area contributed by atoms with Gasteiger partial charge in [0.1, 0.15) is 0 Å². The van der Waals surface area contributed by atoms with Crippen molar-refractivity contribution in [2.75, 3.05) is 11.4 Å². The Morgan fingerprint density at radius 2 is 2.09 bits per heavy atom. The van der Waals surface area contributed by atoms with Crippen LogP contribution in [0.5, 0.6) is 0 Å². The van der Waals surface area contributed by atoms with E-state index < -0.39 is 0 Å². The average Bonchev–Trinajstić information content (AvgIpc) is 2.58. The van der Waals surface area contributed by atoms with Crippen LogP contribution >= 0.6 is 11.6 Å². The van der Waals surface area contributed by atoms with E-state index in [0.29, 0.717) is 6.04 Å². The minimum atomic E-state index is 0.127. The van der Waals surface area contributed by atoms with Gasteiger partial charge in [-0.3, -0.25) is 0 Å². The van der Waals surface area contributed by atoms with Gasteiger partial charge in [-0.2, -0.15) is 0 Å². The summed E-state index contributed by atoms with van der Waals surface area (Å²) < 4.78 is 0. The number of hydrogen-bond acceptors (Lipinski definition) is 2. The molecule has 1 atom stereocenters. The Labute approximate surface area is 143 Å². The molecule has 1 aliphatic rings. The molecule has 1 unspecified atom stereocenters. The lowest BCUT2D eigenvalue weighted by atomic mass is 9.84. The van der Waals surface area contributed by atoms with Crippen molar-refractivity contribution in [1.29, 1.82) is 0 Å². The molecule has 2 aromatic rings. The molecule has 0 spiro atoms. The second-order valence-electron chi connectivity index (χ2n) is 6.27. The van der Waals surface area contributed by atoms with Crippen molar-refractivity contribution in [3.05, 3.63) is 63.7 Å². The van der Waals surface area contributed by atoms with E-state index in [4.69, 9.17) is 11.6 Å². The van der Waals surface area contributed by atoms with Gasteiger partial charge < -0.3 is 10.0 Å². The van der Waals surface area contributed by atoms with Crippen LogP contribution in [0.15, 0.2) is 36.4 Å². The van der Waals surface area contributed by atoms with Crippen LogP contribution in [-0.2, 0) is 13.0 Å². The average molecular weight is 330 g/mol. The summed E-state index contributed by atoms with van der Waals surface area (Å²) in [4.78, 5) is 2.46. The number of halogens is 1. The molecule has 3 rings (SSSR count). The highest BCUT2D eigenvalue weighted by atomic mass is 35.5. The van der Waals surface area contributed by atoms with Crippen molar-refractivity contribution in [2.24, 2.45) is 0 Å². The molecule has 23 heavy (non-hydrogen) atoms. The van der Waals surface area contributed by atoms with Gasteiger partial charge in [0.25, 0.3) is 0 Å². The Morgan fingerprint density at radius 3 is 2.78 bits per heavy atom. The smallest absolute Gasteiger partial charge is 0.0684 e. The topological polar surface area (TPSA) is 23.5 Å². The molecule has 2 nitrogen and oxygen atoms in total. The minimum Gasteiger partial charge on any atom is -0.392 e. The lowest BCUT2D eigenvalue weighted by Gasteiger charge is -2.37. The van der Waals surface area contributed by atoms with Crippen LogP contribution in [0.4, 0.5) is 5.69 Å². The van der Waals surface area contributed by atoms with Crippen LogP contribution in [0.1, 0.15) is 48.1 Å². The van der Waals surface area contributed by atoms with E-state index in [1.54, 1.807) is 0 Å². The third-order valence-electron chi connectivity index (χ3n) is 4.93. The van der Waals surface area contributed by atoms with E-state index in [2.05, 4.69) is 43.0 Å². The second-order valence-corrected chi connectivity index (χ2v) is 6.68. The van der Waals surface area contributed by atoms with Gasteiger partial charge in [0, 0.05) is 17.3 Å². The fourth-order valence-electron chi connectivity index (χ4n) is 3.76. The van der Waals surface area contributed by atoms with E-state index in [9.17, 15) is 5.11 Å². The van der Waals surface area contributed by atoms with Crippen molar-refractivity contribution in [1.82, 2.24) is 0 Å². The molecule has 122 valence electrons. The van der Waals surface area contributed by atoms with E-state index in [1.807, 2.05) is 12.1 Å². The second kappa shape index (κ2) is 6.94. The monoisotopic (exact) mass is 329 g/mol. The first kappa shape index (κ1) is 16.4. The first-order valence-corrected chi connectivity index (χ1v) is 8.77. The van der Waals surface area contributed by atoms with Crippen LogP contribution in [0.2, 0.25) is 5.02 Å². The molecule has 0 saturated heterocycles. The molecule has 3 heteroatoms. The fraction of sp³-hybridized carbons (Fsp3) is 0.400. The first-order chi connectivity index (χ1) is 11.2. The predicted molar refractivity (Wildman–Crippen MR) is 97.3 cm³/mol. The van der Waals surface area contributed by atoms with Gasteiger partial charge in [-0.15, -0.1) is 0 Å². The summed E-state index contributed by atoms with van der Waals surface area (Å²) in [7, 11) is 0. The number of aliphatic hydroxyl groups is 1. The van der Waals surface area contributed by atoms with E-state index in [-0.39, 0.29) is 6.61 Å². The number of benzene rings is 2. The highest BCUT2D eigenvalue weighted by Gasteiger charge is 2.26. The summed E-state index contributed by atoms with van der Waals surface area (Å²) in [6, 6.07) is 13.0. The summed E-state index contributed by atoms with van der Waals surface area (Å²) in [6.07, 6.45) is 3.38. The minimum absolute atomic E-state index is 0.127. The van der Waals surface area contributed by atoms with Crippen molar-refractivity contribution in [3.63, 3.8) is 0 Å². The Bertz CT molecular complexity index is 698. The molecule has 0 heterocycles. The van der Waals surface area contributed by atoms with E-state index >= 15 is 0 Å². The predicted octanol–water partition coefficient (Wildman–Crippen LogP) is 5.04. The third-order valence-corrected chi connectivity index (χ3v) is 5.36. The standard InChI is InChI=1S/C20H24ClNO/c1-3-22(16-10-11-19(21)14(2)12-16)20-9-5-7-17-15(13-23)6-4-8-18(17)20/h4,6,8,10-12,20,23H,3,5,7,9,13H2,1-2H3. The van der Waals surface area contributed by atoms with E-state index in [1.165, 1.54) is 16.8 Å². The molecular weight excluding hydrogens is 306 g/mol. The molecule has 0 radical (unpaired) electrons. The van der Waals surface area contributed by atoms with Gasteiger partial charge in [0.2, 0.25) is 0 Å². The zero-order chi connectivity index (χ0) is 16.4. The summed E-state index contributed by atoms with van der Waals surface area (Å²) in [5.41, 5.74) is 6.13. The Morgan fingerprint density at radius 1 is 1.26 bits per heavy atom. The Kier molecular flexibility index (Phi) is 4.93. The van der Waals surface area contributed by atoms with Gasteiger partial charge in [-0.25, -0.2) is 0 Å². The molecule has 0 fully saturated rings. The molecule has 1 aliphatic carbocycles. The van der Waals surface area contributed by atoms with Crippen molar-refractivity contribution in [2.45, 2.75) is 45.8 Å². The molecule has 2 aromatic carbocycles. The van der Waals surface area contributed by atoms with Crippen LogP contribution in [0.3, 0.4) is 0 Å². The maximum absolute atomic E-state index is 9.63. The summed E-state index contributed by atoms with van der Waals surface area (Å²) in [6.45, 7) is 5.34. The molecule has 0 saturated carbocycles. The molecule has 0 aliphatic heterocycles. The van der Waals surface area contributed by atoms with Gasteiger partial charge in [-0.05, 0) is 73.6 Å². The fourth-order valence-corrected chi connectivity index (χ4v) is 3.88. The van der Waals surface area contributed by atoms with Crippen molar-refractivity contribution >= 4 is 17.3 Å². The summed E-state index contributed by atoms with van der Waals surface area (Å²) in [5, 5.41) is 10.4. The van der Waals surface area contributed by atoms with Crippen LogP contribution in [0.25, 0.3) is 0 Å². The Hall–Kier alpha value is -1.51. The number of nitrogens with zero attached hydrogens (tertiary/aromatic N) is 1. The van der Waals surface area contributed by atoms with Crippen LogP contribution in [-0.4, -0.2) is 11.7 Å². The number of aliphatic hydroxyl groups excluding tert-OH is 1.